The highest BCUT2D eigenvalue weighted by atomic mass is 32.2. The molecule has 1 N–H and O–H groups in total. The zero-order valence-electron chi connectivity index (χ0n) is 21.1. The summed E-state index contributed by atoms with van der Waals surface area (Å²) in [7, 11) is 0. The van der Waals surface area contributed by atoms with Crippen molar-refractivity contribution >= 4 is 45.7 Å². The topological polar surface area (TPSA) is 92.6 Å². The molecular weight excluding hydrogens is 530 g/mol. The fourth-order valence-corrected chi connectivity index (χ4v) is 6.01. The molecule has 39 heavy (non-hydrogen) atoms. The molecule has 1 atom stereocenters. The van der Waals surface area contributed by atoms with E-state index in [1.54, 1.807) is 54.6 Å². The summed E-state index contributed by atoms with van der Waals surface area (Å²) in [6.07, 6.45) is 1.65. The lowest BCUT2D eigenvalue weighted by atomic mass is 9.95. The van der Waals surface area contributed by atoms with Crippen LogP contribution in [0.1, 0.15) is 28.3 Å². The van der Waals surface area contributed by atoms with Gasteiger partial charge in [-0.25, -0.2) is 0 Å². The van der Waals surface area contributed by atoms with Crippen molar-refractivity contribution in [2.24, 2.45) is 0 Å². The molecule has 1 amide bonds. The number of ketones is 1. The Labute approximate surface area is 234 Å². The quantitative estimate of drug-likeness (QED) is 0.0644. The number of aliphatic hydroxyl groups excluding tert-OH is 1. The third-order valence-corrected chi connectivity index (χ3v) is 8.27. The van der Waals surface area contributed by atoms with Crippen LogP contribution in [-0.2, 0) is 15.3 Å². The number of carbonyl (C=O) groups is 2. The van der Waals surface area contributed by atoms with Crippen LogP contribution < -0.4 is 9.64 Å². The number of hydrogen-bond acceptors (Lipinski definition) is 8. The molecule has 5 rings (SSSR count). The second-order valence-electron chi connectivity index (χ2n) is 8.83. The van der Waals surface area contributed by atoms with Gasteiger partial charge in [0.05, 0.1) is 11.6 Å². The summed E-state index contributed by atoms with van der Waals surface area (Å²) in [5, 5.41) is 20.0. The summed E-state index contributed by atoms with van der Waals surface area (Å²) in [4.78, 5) is 28.1. The Morgan fingerprint density at radius 3 is 2.46 bits per heavy atom. The van der Waals surface area contributed by atoms with Gasteiger partial charge in [-0.05, 0) is 30.2 Å². The summed E-state index contributed by atoms with van der Waals surface area (Å²) in [5.41, 5.74) is 3.40. The fourth-order valence-electron chi connectivity index (χ4n) is 4.19. The van der Waals surface area contributed by atoms with E-state index in [0.717, 1.165) is 5.56 Å². The van der Waals surface area contributed by atoms with Crippen molar-refractivity contribution in [1.82, 2.24) is 10.2 Å². The first-order valence-corrected chi connectivity index (χ1v) is 14.0. The lowest BCUT2D eigenvalue weighted by Gasteiger charge is -2.22. The van der Waals surface area contributed by atoms with Crippen LogP contribution in [0, 0.1) is 6.92 Å². The standard InChI is InChI=1S/C30H25N3O4S2/c1-3-17-37-23-15-13-21(14-16-23)25-24(26(34)22-7-5-4-6-8-22)27(35)28(36)33(25)29-31-32-30(39-29)38-18-20-11-9-19(2)10-12-20/h3-16,25,34H,1,17-18H2,2H3/b26-24-. The zero-order valence-corrected chi connectivity index (χ0v) is 22.7. The number of amides is 1. The van der Waals surface area contributed by atoms with E-state index in [2.05, 4.69) is 41.0 Å². The summed E-state index contributed by atoms with van der Waals surface area (Å²) in [6.45, 7) is 6.04. The third kappa shape index (κ3) is 5.64. The molecule has 9 heteroatoms. The van der Waals surface area contributed by atoms with Gasteiger partial charge in [0.2, 0.25) is 5.13 Å². The lowest BCUT2D eigenvalue weighted by Crippen LogP contribution is -2.29. The molecule has 196 valence electrons. The maximum absolute atomic E-state index is 13.4. The van der Waals surface area contributed by atoms with Crippen molar-refractivity contribution in [3.63, 3.8) is 0 Å². The number of aliphatic hydroxyl groups is 1. The summed E-state index contributed by atoms with van der Waals surface area (Å²) >= 11 is 2.74. The van der Waals surface area contributed by atoms with Crippen LogP contribution in [0.25, 0.3) is 5.76 Å². The summed E-state index contributed by atoms with van der Waals surface area (Å²) in [6, 6.07) is 23.1. The number of ether oxygens (including phenoxy) is 1. The minimum absolute atomic E-state index is 0.00461. The van der Waals surface area contributed by atoms with Crippen LogP contribution in [0.3, 0.4) is 0 Å². The molecule has 0 saturated carbocycles. The Morgan fingerprint density at radius 1 is 1.05 bits per heavy atom. The number of anilines is 1. The van der Waals surface area contributed by atoms with E-state index in [1.165, 1.54) is 33.6 Å². The molecule has 1 aliphatic rings. The van der Waals surface area contributed by atoms with E-state index in [9.17, 15) is 14.7 Å². The number of benzene rings is 3. The van der Waals surface area contributed by atoms with Crippen LogP contribution >= 0.6 is 23.1 Å². The molecule has 2 heterocycles. The van der Waals surface area contributed by atoms with E-state index in [0.29, 0.717) is 33.6 Å². The Balaban J connectivity index is 1.51. The van der Waals surface area contributed by atoms with Gasteiger partial charge in [-0.1, -0.05) is 108 Å². The smallest absolute Gasteiger partial charge is 0.301 e. The minimum atomic E-state index is -0.887. The first-order chi connectivity index (χ1) is 19.0. The monoisotopic (exact) mass is 555 g/mol. The highest BCUT2D eigenvalue weighted by molar-refractivity contribution is 8.00. The van der Waals surface area contributed by atoms with Crippen molar-refractivity contribution in [3.05, 3.63) is 119 Å². The number of aromatic nitrogens is 2. The average Bonchev–Trinajstić information content (AvgIpc) is 3.54. The maximum Gasteiger partial charge on any atom is 0.301 e. The average molecular weight is 556 g/mol. The van der Waals surface area contributed by atoms with E-state index < -0.39 is 17.7 Å². The number of carbonyl (C=O) groups excluding carboxylic acids is 2. The van der Waals surface area contributed by atoms with Gasteiger partial charge >= 0.3 is 5.91 Å². The summed E-state index contributed by atoms with van der Waals surface area (Å²) in [5.74, 6) is -0.485. The molecule has 3 aromatic carbocycles. The van der Waals surface area contributed by atoms with Gasteiger partial charge in [-0.2, -0.15) is 0 Å². The Hall–Kier alpha value is -4.21. The van der Waals surface area contributed by atoms with Crippen molar-refractivity contribution in [2.75, 3.05) is 11.5 Å². The van der Waals surface area contributed by atoms with Gasteiger partial charge in [-0.15, -0.1) is 10.2 Å². The number of nitrogens with zero attached hydrogens (tertiary/aromatic N) is 3. The Bertz CT molecular complexity index is 1530. The van der Waals surface area contributed by atoms with Crippen LogP contribution in [0.4, 0.5) is 5.13 Å². The molecule has 0 aliphatic carbocycles. The highest BCUT2D eigenvalue weighted by Crippen LogP contribution is 2.44. The Morgan fingerprint density at radius 2 is 1.77 bits per heavy atom. The molecular formula is C30H25N3O4S2. The van der Waals surface area contributed by atoms with Crippen molar-refractivity contribution in [1.29, 1.82) is 0 Å². The third-order valence-electron chi connectivity index (χ3n) is 6.14. The molecule has 0 spiro atoms. The van der Waals surface area contributed by atoms with Crippen molar-refractivity contribution in [2.45, 2.75) is 23.1 Å². The van der Waals surface area contributed by atoms with Crippen LogP contribution in [0.15, 0.2) is 101 Å². The number of rotatable bonds is 9. The molecule has 1 unspecified atom stereocenters. The van der Waals surface area contributed by atoms with Gasteiger partial charge in [0.25, 0.3) is 5.78 Å². The molecule has 1 fully saturated rings. The molecule has 1 aromatic heterocycles. The van der Waals surface area contributed by atoms with Crippen molar-refractivity contribution < 1.29 is 19.4 Å². The Kier molecular flexibility index (Phi) is 7.90. The molecule has 1 aliphatic heterocycles. The first kappa shape index (κ1) is 26.4. The lowest BCUT2D eigenvalue weighted by molar-refractivity contribution is -0.132. The minimum Gasteiger partial charge on any atom is -0.507 e. The number of hydrogen-bond donors (Lipinski definition) is 1. The van der Waals surface area contributed by atoms with Crippen LogP contribution in [0.5, 0.6) is 5.75 Å². The predicted octanol–water partition coefficient (Wildman–Crippen LogP) is 6.33. The van der Waals surface area contributed by atoms with Gasteiger partial charge in [0, 0.05) is 11.3 Å². The largest absolute Gasteiger partial charge is 0.507 e. The van der Waals surface area contributed by atoms with E-state index >= 15 is 0 Å². The summed E-state index contributed by atoms with van der Waals surface area (Å²) < 4.78 is 6.26. The SMILES string of the molecule is C=CCOc1ccc(C2/C(=C(/O)c3ccccc3)C(=O)C(=O)N2c2nnc(SCc3ccc(C)cc3)s2)cc1. The van der Waals surface area contributed by atoms with Gasteiger partial charge in [0.1, 0.15) is 18.1 Å². The fraction of sp³-hybridized carbons (Fsp3) is 0.133. The molecule has 7 nitrogen and oxygen atoms in total. The van der Waals surface area contributed by atoms with Gasteiger partial charge in [-0.3, -0.25) is 14.5 Å². The second-order valence-corrected chi connectivity index (χ2v) is 11.0. The molecule has 0 radical (unpaired) electrons. The maximum atomic E-state index is 13.4. The van der Waals surface area contributed by atoms with Gasteiger partial charge < -0.3 is 9.84 Å². The number of aryl methyl sites for hydroxylation is 1. The van der Waals surface area contributed by atoms with Crippen LogP contribution in [0.2, 0.25) is 0 Å². The van der Waals surface area contributed by atoms with Crippen LogP contribution in [-0.4, -0.2) is 33.6 Å². The van der Waals surface area contributed by atoms with E-state index in [1.807, 2.05) is 13.0 Å². The molecule has 0 bridgehead atoms. The first-order valence-electron chi connectivity index (χ1n) is 12.2. The predicted molar refractivity (Wildman–Crippen MR) is 154 cm³/mol. The van der Waals surface area contributed by atoms with E-state index in [4.69, 9.17) is 4.74 Å². The number of Topliss-reactive ketones (excluding diaryl/α,β-unsaturated/α-hetero) is 1. The van der Waals surface area contributed by atoms with Gasteiger partial charge in [0.15, 0.2) is 4.34 Å². The number of thioether (sulfide) groups is 1. The molecule has 1 saturated heterocycles. The molecule has 4 aromatic rings. The normalized spacial score (nSPS) is 16.4. The van der Waals surface area contributed by atoms with E-state index in [-0.39, 0.29) is 16.5 Å². The second kappa shape index (κ2) is 11.7. The van der Waals surface area contributed by atoms with Crippen molar-refractivity contribution in [3.8, 4) is 5.75 Å². The highest BCUT2D eigenvalue weighted by Gasteiger charge is 2.48. The zero-order chi connectivity index (χ0) is 27.4.